The van der Waals surface area contributed by atoms with Gasteiger partial charge in [-0.3, -0.25) is 0 Å². The van der Waals surface area contributed by atoms with E-state index in [0.29, 0.717) is 18.6 Å². The van der Waals surface area contributed by atoms with E-state index in [1.807, 2.05) is 12.3 Å². The van der Waals surface area contributed by atoms with Crippen LogP contribution < -0.4 is 0 Å². The summed E-state index contributed by atoms with van der Waals surface area (Å²) in [4.78, 5) is 12.0. The van der Waals surface area contributed by atoms with E-state index in [1.165, 1.54) is 26.4 Å². The molecule has 4 nitrogen and oxygen atoms in total. The van der Waals surface area contributed by atoms with Gasteiger partial charge in [0.05, 0.1) is 20.0 Å². The largest absolute Gasteiger partial charge is 0.470 e. The van der Waals surface area contributed by atoms with E-state index in [4.69, 9.17) is 14.2 Å². The first kappa shape index (κ1) is 18.1. The Hall–Kier alpha value is -1.29. The molecule has 0 N–H and O–H groups in total. The normalized spacial score (nSPS) is 20.3. The Morgan fingerprint density at radius 2 is 2.09 bits per heavy atom. The SMILES string of the molecule is CCCCCC/C=C(/CC1=COC2(CCCC2)OC1)C(=O)OC. The molecule has 2 aliphatic rings. The van der Waals surface area contributed by atoms with Crippen molar-refractivity contribution in [1.82, 2.24) is 0 Å². The molecule has 0 aromatic carbocycles. The molecule has 0 amide bonds. The summed E-state index contributed by atoms with van der Waals surface area (Å²) < 4.78 is 16.7. The van der Waals surface area contributed by atoms with Crippen LogP contribution in [0.2, 0.25) is 0 Å². The van der Waals surface area contributed by atoms with Crippen LogP contribution in [0.5, 0.6) is 0 Å². The predicted molar refractivity (Wildman–Crippen MR) is 89.8 cm³/mol. The average molecular weight is 322 g/mol. The maximum absolute atomic E-state index is 12.0. The van der Waals surface area contributed by atoms with Crippen molar-refractivity contribution in [2.24, 2.45) is 0 Å². The average Bonchev–Trinajstić information content (AvgIpc) is 3.03. The molecule has 130 valence electrons. The van der Waals surface area contributed by atoms with Gasteiger partial charge in [-0.25, -0.2) is 4.79 Å². The Labute approximate surface area is 139 Å². The van der Waals surface area contributed by atoms with Crippen molar-refractivity contribution in [3.8, 4) is 0 Å². The number of carbonyl (C=O) groups excluding carboxylic acids is 1. The third kappa shape index (κ3) is 5.38. The minimum atomic E-state index is -0.390. The molecule has 0 bridgehead atoms. The summed E-state index contributed by atoms with van der Waals surface area (Å²) in [5.41, 5.74) is 1.72. The number of unbranched alkanes of at least 4 members (excludes halogenated alkanes) is 4. The lowest BCUT2D eigenvalue weighted by Crippen LogP contribution is -2.34. The number of hydrogen-bond acceptors (Lipinski definition) is 4. The summed E-state index contributed by atoms with van der Waals surface area (Å²) in [6.45, 7) is 2.74. The molecule has 1 heterocycles. The van der Waals surface area contributed by atoms with Crippen LogP contribution in [0.3, 0.4) is 0 Å². The molecule has 0 saturated heterocycles. The number of hydrogen-bond donors (Lipinski definition) is 0. The highest BCUT2D eigenvalue weighted by Crippen LogP contribution is 2.38. The van der Waals surface area contributed by atoms with Gasteiger partial charge in [-0.2, -0.15) is 0 Å². The molecule has 0 aromatic heterocycles. The molecule has 0 atom stereocenters. The zero-order chi connectivity index (χ0) is 16.5. The van der Waals surface area contributed by atoms with Gasteiger partial charge < -0.3 is 14.2 Å². The number of carbonyl (C=O) groups is 1. The predicted octanol–water partition coefficient (Wildman–Crippen LogP) is 4.65. The van der Waals surface area contributed by atoms with Crippen molar-refractivity contribution < 1.29 is 19.0 Å². The quantitative estimate of drug-likeness (QED) is 0.371. The standard InChI is InChI=1S/C19H30O4/c1-3-4-5-6-7-10-17(18(20)21-2)13-16-14-22-19(23-15-16)11-8-9-12-19/h10,14H,3-9,11-13,15H2,1-2H3/b17-10-. The van der Waals surface area contributed by atoms with Crippen molar-refractivity contribution >= 4 is 5.97 Å². The summed E-state index contributed by atoms with van der Waals surface area (Å²) >= 11 is 0. The smallest absolute Gasteiger partial charge is 0.333 e. The maximum atomic E-state index is 12.0. The zero-order valence-electron chi connectivity index (χ0n) is 14.6. The van der Waals surface area contributed by atoms with Crippen molar-refractivity contribution in [2.45, 2.75) is 76.9 Å². The van der Waals surface area contributed by atoms with Gasteiger partial charge >= 0.3 is 5.97 Å². The Bertz CT molecular complexity index is 444. The molecule has 1 fully saturated rings. The summed E-state index contributed by atoms with van der Waals surface area (Å²) in [6.07, 6.45) is 14.3. The summed E-state index contributed by atoms with van der Waals surface area (Å²) in [5, 5.41) is 0. The molecule has 1 saturated carbocycles. The van der Waals surface area contributed by atoms with E-state index >= 15 is 0 Å². The van der Waals surface area contributed by atoms with Crippen LogP contribution >= 0.6 is 0 Å². The van der Waals surface area contributed by atoms with E-state index in [1.54, 1.807) is 0 Å². The van der Waals surface area contributed by atoms with Gasteiger partial charge in [0.25, 0.3) is 0 Å². The molecular formula is C19H30O4. The van der Waals surface area contributed by atoms with E-state index in [0.717, 1.165) is 44.1 Å². The van der Waals surface area contributed by atoms with Gasteiger partial charge in [0, 0.05) is 24.8 Å². The highest BCUT2D eigenvalue weighted by atomic mass is 16.7. The third-order valence-corrected chi connectivity index (χ3v) is 4.64. The molecule has 0 unspecified atom stereocenters. The summed E-state index contributed by atoms with van der Waals surface area (Å²) in [6, 6.07) is 0. The van der Waals surface area contributed by atoms with Gasteiger partial charge in [0.2, 0.25) is 5.79 Å². The molecular weight excluding hydrogens is 292 g/mol. The van der Waals surface area contributed by atoms with Gasteiger partial charge in [-0.1, -0.05) is 32.3 Å². The van der Waals surface area contributed by atoms with Crippen LogP contribution in [0.4, 0.5) is 0 Å². The number of rotatable bonds is 8. The van der Waals surface area contributed by atoms with Crippen LogP contribution in [-0.2, 0) is 19.0 Å². The first-order chi connectivity index (χ1) is 11.2. The fraction of sp³-hybridized carbons (Fsp3) is 0.737. The second-order valence-corrected chi connectivity index (χ2v) is 6.55. The van der Waals surface area contributed by atoms with E-state index in [2.05, 4.69) is 6.92 Å². The molecule has 0 radical (unpaired) electrons. The molecule has 1 aliphatic heterocycles. The van der Waals surface area contributed by atoms with Crippen LogP contribution in [0, 0.1) is 0 Å². The maximum Gasteiger partial charge on any atom is 0.333 e. The topological polar surface area (TPSA) is 44.8 Å². The van der Waals surface area contributed by atoms with Crippen molar-refractivity contribution in [2.75, 3.05) is 13.7 Å². The van der Waals surface area contributed by atoms with E-state index in [9.17, 15) is 4.79 Å². The molecule has 0 aromatic rings. The van der Waals surface area contributed by atoms with Crippen LogP contribution in [0.15, 0.2) is 23.5 Å². The van der Waals surface area contributed by atoms with E-state index < -0.39 is 5.79 Å². The van der Waals surface area contributed by atoms with E-state index in [-0.39, 0.29) is 5.97 Å². The highest BCUT2D eigenvalue weighted by Gasteiger charge is 2.38. The fourth-order valence-corrected chi connectivity index (χ4v) is 3.20. The monoisotopic (exact) mass is 322 g/mol. The third-order valence-electron chi connectivity index (χ3n) is 4.64. The van der Waals surface area contributed by atoms with Gasteiger partial charge in [0.15, 0.2) is 0 Å². The Morgan fingerprint density at radius 1 is 1.30 bits per heavy atom. The number of allylic oxidation sites excluding steroid dienone is 1. The lowest BCUT2D eigenvalue weighted by Gasteiger charge is -2.33. The van der Waals surface area contributed by atoms with Crippen molar-refractivity contribution in [1.29, 1.82) is 0 Å². The molecule has 1 spiro atoms. The summed E-state index contributed by atoms with van der Waals surface area (Å²) in [7, 11) is 1.43. The Morgan fingerprint density at radius 3 is 2.70 bits per heavy atom. The minimum Gasteiger partial charge on any atom is -0.470 e. The Balaban J connectivity index is 1.88. The fourth-order valence-electron chi connectivity index (χ4n) is 3.20. The molecule has 4 heteroatoms. The number of methoxy groups -OCH3 is 1. The van der Waals surface area contributed by atoms with Gasteiger partial charge in [-0.05, 0) is 31.3 Å². The summed E-state index contributed by atoms with van der Waals surface area (Å²) in [5.74, 6) is -0.638. The lowest BCUT2D eigenvalue weighted by atomic mass is 10.0. The van der Waals surface area contributed by atoms with Crippen LogP contribution in [0.1, 0.15) is 71.1 Å². The molecule has 2 rings (SSSR count). The number of ether oxygens (including phenoxy) is 3. The van der Waals surface area contributed by atoms with Crippen LogP contribution in [0.25, 0.3) is 0 Å². The number of esters is 1. The zero-order valence-corrected chi connectivity index (χ0v) is 14.6. The second-order valence-electron chi connectivity index (χ2n) is 6.55. The molecule has 23 heavy (non-hydrogen) atoms. The highest BCUT2D eigenvalue weighted by molar-refractivity contribution is 5.88. The molecule has 1 aliphatic carbocycles. The lowest BCUT2D eigenvalue weighted by molar-refractivity contribution is -0.210. The van der Waals surface area contributed by atoms with Gasteiger partial charge in [0.1, 0.15) is 0 Å². The van der Waals surface area contributed by atoms with Gasteiger partial charge in [-0.15, -0.1) is 0 Å². The van der Waals surface area contributed by atoms with Crippen LogP contribution in [-0.4, -0.2) is 25.5 Å². The first-order valence-corrected chi connectivity index (χ1v) is 8.96. The van der Waals surface area contributed by atoms with Crippen molar-refractivity contribution in [3.05, 3.63) is 23.5 Å². The first-order valence-electron chi connectivity index (χ1n) is 8.96. The van der Waals surface area contributed by atoms with Crippen molar-refractivity contribution in [3.63, 3.8) is 0 Å². The Kier molecular flexibility index (Phi) is 7.15. The minimum absolute atomic E-state index is 0.248. The second kappa shape index (κ2) is 9.11.